The standard InChI is InChI=1S/C25H35N3O4S/c1-32-24-10-5-4-9-23(24)28(33(2,30)31)18-8-11-25(29)26-19-21-12-14-22(15-13-21)20-27-16-6-3-7-17-27/h4-5,9-10,12-15H,3,6-8,11,16-20H2,1-2H3,(H,26,29). The number of carbonyl (C=O) groups is 1. The van der Waals surface area contributed by atoms with Crippen LogP contribution in [0, 0.1) is 0 Å². The van der Waals surface area contributed by atoms with Gasteiger partial charge < -0.3 is 10.1 Å². The first-order valence-electron chi connectivity index (χ1n) is 11.5. The van der Waals surface area contributed by atoms with Gasteiger partial charge in [-0.3, -0.25) is 14.0 Å². The van der Waals surface area contributed by atoms with E-state index in [0.717, 1.165) is 18.4 Å². The molecular formula is C25H35N3O4S. The van der Waals surface area contributed by atoms with Crippen molar-refractivity contribution < 1.29 is 17.9 Å². The number of ether oxygens (including phenoxy) is 1. The highest BCUT2D eigenvalue weighted by molar-refractivity contribution is 7.92. The topological polar surface area (TPSA) is 79.0 Å². The Hall–Kier alpha value is -2.58. The summed E-state index contributed by atoms with van der Waals surface area (Å²) in [7, 11) is -1.99. The number of benzene rings is 2. The molecule has 7 nitrogen and oxygen atoms in total. The summed E-state index contributed by atoms with van der Waals surface area (Å²) in [5.74, 6) is 0.386. The van der Waals surface area contributed by atoms with Crippen molar-refractivity contribution in [2.24, 2.45) is 0 Å². The molecule has 0 radical (unpaired) electrons. The molecular weight excluding hydrogens is 438 g/mol. The first-order chi connectivity index (χ1) is 15.9. The SMILES string of the molecule is COc1ccccc1N(CCCC(=O)NCc1ccc(CN2CCCCC2)cc1)S(C)(=O)=O. The van der Waals surface area contributed by atoms with E-state index in [2.05, 4.69) is 34.5 Å². The Morgan fingerprint density at radius 3 is 2.36 bits per heavy atom. The third-order valence-corrected chi connectivity index (χ3v) is 7.07. The summed E-state index contributed by atoms with van der Waals surface area (Å²) in [6.45, 7) is 4.00. The maximum absolute atomic E-state index is 12.3. The molecule has 3 rings (SSSR count). The Kier molecular flexibility index (Phi) is 9.14. The Bertz CT molecular complexity index is 1000. The highest BCUT2D eigenvalue weighted by Gasteiger charge is 2.20. The van der Waals surface area contributed by atoms with E-state index in [-0.39, 0.29) is 18.9 Å². The molecule has 33 heavy (non-hydrogen) atoms. The van der Waals surface area contributed by atoms with Crippen molar-refractivity contribution in [2.45, 2.75) is 45.2 Å². The number of anilines is 1. The second-order valence-corrected chi connectivity index (χ2v) is 10.4. The summed E-state index contributed by atoms with van der Waals surface area (Å²) in [5, 5.41) is 2.93. The maximum atomic E-state index is 12.3. The number of hydrogen-bond acceptors (Lipinski definition) is 5. The lowest BCUT2D eigenvalue weighted by Gasteiger charge is -2.26. The van der Waals surface area contributed by atoms with Crippen molar-refractivity contribution in [2.75, 3.05) is 37.3 Å². The average molecular weight is 474 g/mol. The van der Waals surface area contributed by atoms with Crippen molar-refractivity contribution in [1.82, 2.24) is 10.2 Å². The van der Waals surface area contributed by atoms with E-state index in [1.807, 2.05) is 0 Å². The number of likely N-dealkylation sites (tertiary alicyclic amines) is 1. The Balaban J connectivity index is 1.45. The molecule has 1 fully saturated rings. The summed E-state index contributed by atoms with van der Waals surface area (Å²) in [6.07, 6.45) is 5.71. The van der Waals surface area contributed by atoms with Crippen molar-refractivity contribution in [3.05, 3.63) is 59.7 Å². The minimum atomic E-state index is -3.50. The molecule has 0 saturated carbocycles. The van der Waals surface area contributed by atoms with Gasteiger partial charge in [-0.25, -0.2) is 8.42 Å². The van der Waals surface area contributed by atoms with Crippen molar-refractivity contribution in [1.29, 1.82) is 0 Å². The van der Waals surface area contributed by atoms with Gasteiger partial charge in [0.1, 0.15) is 5.75 Å². The van der Waals surface area contributed by atoms with E-state index in [1.165, 1.54) is 49.3 Å². The molecule has 0 aliphatic carbocycles. The predicted octanol–water partition coefficient (Wildman–Crippen LogP) is 3.54. The molecule has 0 spiro atoms. The van der Waals surface area contributed by atoms with Crippen LogP contribution < -0.4 is 14.4 Å². The molecule has 1 amide bonds. The first-order valence-corrected chi connectivity index (χ1v) is 13.4. The van der Waals surface area contributed by atoms with E-state index < -0.39 is 10.0 Å². The number of rotatable bonds is 11. The number of carbonyl (C=O) groups excluding carboxylic acids is 1. The minimum absolute atomic E-state index is 0.0964. The monoisotopic (exact) mass is 473 g/mol. The van der Waals surface area contributed by atoms with Gasteiger partial charge in [0.25, 0.3) is 0 Å². The van der Waals surface area contributed by atoms with Gasteiger partial charge in [0, 0.05) is 26.1 Å². The summed E-state index contributed by atoms with van der Waals surface area (Å²) in [6, 6.07) is 15.4. The quantitative estimate of drug-likeness (QED) is 0.540. The van der Waals surface area contributed by atoms with Crippen molar-refractivity contribution in [3.63, 3.8) is 0 Å². The molecule has 1 heterocycles. The minimum Gasteiger partial charge on any atom is -0.495 e. The largest absolute Gasteiger partial charge is 0.495 e. The molecule has 8 heteroatoms. The third kappa shape index (κ3) is 7.75. The van der Waals surface area contributed by atoms with Crippen molar-refractivity contribution >= 4 is 21.6 Å². The van der Waals surface area contributed by atoms with Crippen molar-refractivity contribution in [3.8, 4) is 5.75 Å². The normalized spacial score (nSPS) is 14.6. The van der Waals surface area contributed by atoms with Gasteiger partial charge in [-0.15, -0.1) is 0 Å². The molecule has 0 bridgehead atoms. The van der Waals surface area contributed by atoms with Crippen LogP contribution >= 0.6 is 0 Å². The highest BCUT2D eigenvalue weighted by Crippen LogP contribution is 2.29. The Morgan fingerprint density at radius 2 is 1.70 bits per heavy atom. The molecule has 1 saturated heterocycles. The summed E-state index contributed by atoms with van der Waals surface area (Å²) in [4.78, 5) is 14.8. The van der Waals surface area contributed by atoms with Gasteiger partial charge in [-0.1, -0.05) is 42.8 Å². The summed E-state index contributed by atoms with van der Waals surface area (Å²) < 4.78 is 31.2. The molecule has 1 N–H and O–H groups in total. The molecule has 1 aliphatic heterocycles. The fourth-order valence-electron chi connectivity index (χ4n) is 4.11. The van der Waals surface area contributed by atoms with Crippen LogP contribution in [-0.2, 0) is 27.9 Å². The lowest BCUT2D eigenvalue weighted by atomic mass is 10.1. The van der Waals surface area contributed by atoms with Crippen LogP contribution in [0.3, 0.4) is 0 Å². The van der Waals surface area contributed by atoms with E-state index in [0.29, 0.717) is 24.4 Å². The number of nitrogens with one attached hydrogen (secondary N) is 1. The Labute approximate surface area is 197 Å². The van der Waals surface area contributed by atoms with Crippen LogP contribution in [0.15, 0.2) is 48.5 Å². The number of nitrogens with zero attached hydrogens (tertiary/aromatic N) is 2. The summed E-state index contributed by atoms with van der Waals surface area (Å²) in [5.41, 5.74) is 2.83. The highest BCUT2D eigenvalue weighted by atomic mass is 32.2. The average Bonchev–Trinajstić information content (AvgIpc) is 2.81. The maximum Gasteiger partial charge on any atom is 0.232 e. The lowest BCUT2D eigenvalue weighted by molar-refractivity contribution is -0.121. The van der Waals surface area contributed by atoms with Crippen LogP contribution in [0.4, 0.5) is 5.69 Å². The fraction of sp³-hybridized carbons (Fsp3) is 0.480. The molecule has 2 aromatic rings. The molecule has 180 valence electrons. The van der Waals surface area contributed by atoms with E-state index in [1.54, 1.807) is 24.3 Å². The predicted molar refractivity (Wildman–Crippen MR) is 132 cm³/mol. The zero-order valence-electron chi connectivity index (χ0n) is 19.6. The number of hydrogen-bond donors (Lipinski definition) is 1. The lowest BCUT2D eigenvalue weighted by Crippen LogP contribution is -2.32. The van der Waals surface area contributed by atoms with Gasteiger partial charge >= 0.3 is 0 Å². The van der Waals surface area contributed by atoms with Gasteiger partial charge in [-0.05, 0) is 55.6 Å². The summed E-state index contributed by atoms with van der Waals surface area (Å²) >= 11 is 0. The number of sulfonamides is 1. The van der Waals surface area contributed by atoms with Gasteiger partial charge in [0.05, 0.1) is 19.1 Å². The fourth-order valence-corrected chi connectivity index (χ4v) is 5.08. The smallest absolute Gasteiger partial charge is 0.232 e. The van der Waals surface area contributed by atoms with Gasteiger partial charge in [0.2, 0.25) is 15.9 Å². The van der Waals surface area contributed by atoms with Crippen LogP contribution in [0.2, 0.25) is 0 Å². The van der Waals surface area contributed by atoms with E-state index in [4.69, 9.17) is 4.74 Å². The third-order valence-electron chi connectivity index (χ3n) is 5.89. The second-order valence-electron chi connectivity index (χ2n) is 8.54. The van der Waals surface area contributed by atoms with Crippen LogP contribution in [0.1, 0.15) is 43.2 Å². The first kappa shape index (κ1) is 25.1. The zero-order chi connectivity index (χ0) is 23.7. The number of methoxy groups -OCH3 is 1. The van der Waals surface area contributed by atoms with Crippen LogP contribution in [0.5, 0.6) is 5.75 Å². The number of para-hydroxylation sites is 2. The molecule has 0 aromatic heterocycles. The second kappa shape index (κ2) is 12.0. The molecule has 0 unspecified atom stereocenters. The number of amides is 1. The molecule has 2 aromatic carbocycles. The van der Waals surface area contributed by atoms with E-state index >= 15 is 0 Å². The molecule has 1 aliphatic rings. The van der Waals surface area contributed by atoms with Gasteiger partial charge in [-0.2, -0.15) is 0 Å². The Morgan fingerprint density at radius 1 is 1.03 bits per heavy atom. The molecule has 0 atom stereocenters. The zero-order valence-corrected chi connectivity index (χ0v) is 20.4. The number of piperidine rings is 1. The van der Waals surface area contributed by atoms with Gasteiger partial charge in [0.15, 0.2) is 0 Å². The van der Waals surface area contributed by atoms with E-state index in [9.17, 15) is 13.2 Å². The van der Waals surface area contributed by atoms with Crippen LogP contribution in [-0.4, -0.2) is 52.2 Å². The van der Waals surface area contributed by atoms with Crippen LogP contribution in [0.25, 0.3) is 0 Å².